The summed E-state index contributed by atoms with van der Waals surface area (Å²) in [6.07, 6.45) is 0. The van der Waals surface area contributed by atoms with Crippen LogP contribution in [0.15, 0.2) is 18.2 Å². The second kappa shape index (κ2) is 7.47. The fourth-order valence-corrected chi connectivity index (χ4v) is 2.57. The number of hydrogen-bond acceptors (Lipinski definition) is 5. The van der Waals surface area contributed by atoms with Gasteiger partial charge in [0, 0.05) is 50.5 Å². The molecule has 1 fully saturated rings. The van der Waals surface area contributed by atoms with Crippen LogP contribution in [-0.2, 0) is 6.54 Å². The van der Waals surface area contributed by atoms with Crippen LogP contribution in [0.2, 0.25) is 0 Å². The lowest BCUT2D eigenvalue weighted by Crippen LogP contribution is -2.46. The van der Waals surface area contributed by atoms with E-state index in [0.717, 1.165) is 56.3 Å². The van der Waals surface area contributed by atoms with Crippen LogP contribution in [-0.4, -0.2) is 60.8 Å². The summed E-state index contributed by atoms with van der Waals surface area (Å²) >= 11 is 0. The number of piperazine rings is 1. The predicted octanol–water partition coefficient (Wildman–Crippen LogP) is 0.777. The van der Waals surface area contributed by atoms with Crippen molar-refractivity contribution < 1.29 is 9.84 Å². The summed E-state index contributed by atoms with van der Waals surface area (Å²) in [6, 6.07) is 5.84. The van der Waals surface area contributed by atoms with Gasteiger partial charge in [0.2, 0.25) is 0 Å². The molecule has 1 aliphatic heterocycles. The maximum atomic E-state index is 8.96. The third-order valence-corrected chi connectivity index (χ3v) is 3.66. The van der Waals surface area contributed by atoms with Crippen LogP contribution in [0.4, 0.5) is 5.69 Å². The quantitative estimate of drug-likeness (QED) is 0.754. The summed E-state index contributed by atoms with van der Waals surface area (Å²) in [4.78, 5) is 4.70. The van der Waals surface area contributed by atoms with Crippen molar-refractivity contribution in [1.29, 1.82) is 0 Å². The smallest absolute Gasteiger partial charge is 0.123 e. The van der Waals surface area contributed by atoms with Gasteiger partial charge in [0.1, 0.15) is 5.75 Å². The predicted molar refractivity (Wildman–Crippen MR) is 80.8 cm³/mol. The highest BCUT2D eigenvalue weighted by atomic mass is 16.5. The number of rotatable bonds is 6. The summed E-state index contributed by atoms with van der Waals surface area (Å²) in [5.74, 6) is 0.930. The van der Waals surface area contributed by atoms with E-state index < -0.39 is 0 Å². The normalized spacial score (nSPS) is 17.3. The minimum absolute atomic E-state index is 0.240. The third-order valence-electron chi connectivity index (χ3n) is 3.66. The number of hydrogen-bond donors (Lipinski definition) is 2. The fourth-order valence-electron chi connectivity index (χ4n) is 2.57. The number of nitrogen functional groups attached to an aromatic ring is 1. The number of benzene rings is 1. The van der Waals surface area contributed by atoms with Gasteiger partial charge in [0.25, 0.3) is 0 Å². The van der Waals surface area contributed by atoms with E-state index in [4.69, 9.17) is 15.6 Å². The molecule has 3 N–H and O–H groups in total. The summed E-state index contributed by atoms with van der Waals surface area (Å²) in [5, 5.41) is 8.96. The first-order valence-corrected chi connectivity index (χ1v) is 7.29. The Morgan fingerprint density at radius 3 is 2.55 bits per heavy atom. The van der Waals surface area contributed by atoms with Gasteiger partial charge in [-0.25, -0.2) is 0 Å². The topological polar surface area (TPSA) is 62.0 Å². The van der Waals surface area contributed by atoms with Crippen molar-refractivity contribution in [2.75, 3.05) is 51.7 Å². The molecule has 1 saturated heterocycles. The molecular weight excluding hydrogens is 254 g/mol. The maximum absolute atomic E-state index is 8.96. The maximum Gasteiger partial charge on any atom is 0.123 e. The van der Waals surface area contributed by atoms with Gasteiger partial charge in [-0.1, -0.05) is 0 Å². The summed E-state index contributed by atoms with van der Waals surface area (Å²) in [5.41, 5.74) is 7.82. The van der Waals surface area contributed by atoms with Crippen molar-refractivity contribution >= 4 is 5.69 Å². The van der Waals surface area contributed by atoms with Gasteiger partial charge in [-0.15, -0.1) is 0 Å². The van der Waals surface area contributed by atoms with E-state index in [1.54, 1.807) is 0 Å². The van der Waals surface area contributed by atoms with Gasteiger partial charge < -0.3 is 15.6 Å². The number of nitrogens with two attached hydrogens (primary N) is 1. The Kier molecular flexibility index (Phi) is 5.64. The molecule has 20 heavy (non-hydrogen) atoms. The highest BCUT2D eigenvalue weighted by Crippen LogP contribution is 2.23. The van der Waals surface area contributed by atoms with Gasteiger partial charge in [0.05, 0.1) is 13.2 Å². The van der Waals surface area contributed by atoms with E-state index in [-0.39, 0.29) is 6.61 Å². The number of aliphatic hydroxyl groups excluding tert-OH is 1. The van der Waals surface area contributed by atoms with Crippen LogP contribution in [0.5, 0.6) is 5.75 Å². The van der Waals surface area contributed by atoms with Gasteiger partial charge in [-0.2, -0.15) is 0 Å². The molecule has 0 radical (unpaired) electrons. The molecule has 1 heterocycles. The lowest BCUT2D eigenvalue weighted by Gasteiger charge is -2.34. The summed E-state index contributed by atoms with van der Waals surface area (Å²) in [6.45, 7) is 8.59. The number of β-amino-alcohol motifs (C(OH)–C–C–N with tert-alkyl or cyclic N) is 1. The fraction of sp³-hybridized carbons (Fsp3) is 0.600. The number of aliphatic hydroxyl groups is 1. The Bertz CT molecular complexity index is 418. The summed E-state index contributed by atoms with van der Waals surface area (Å²) < 4.78 is 5.67. The zero-order valence-electron chi connectivity index (χ0n) is 12.2. The van der Waals surface area contributed by atoms with Crippen molar-refractivity contribution in [3.8, 4) is 5.75 Å². The molecule has 5 heteroatoms. The number of ether oxygens (including phenoxy) is 1. The molecule has 0 aliphatic carbocycles. The second-order valence-electron chi connectivity index (χ2n) is 5.14. The van der Waals surface area contributed by atoms with Crippen molar-refractivity contribution in [3.05, 3.63) is 23.8 Å². The first kappa shape index (κ1) is 15.1. The molecule has 0 bridgehead atoms. The van der Waals surface area contributed by atoms with Gasteiger partial charge in [-0.05, 0) is 25.1 Å². The molecule has 0 unspecified atom stereocenters. The van der Waals surface area contributed by atoms with E-state index in [1.165, 1.54) is 0 Å². The highest BCUT2D eigenvalue weighted by Gasteiger charge is 2.17. The lowest BCUT2D eigenvalue weighted by molar-refractivity contribution is 0.108. The standard InChI is InChI=1S/C15H25N3O2/c1-2-20-15-4-3-14(16)11-13(15)12-18-7-5-17(6-8-18)9-10-19/h3-4,11,19H,2,5-10,12,16H2,1H3. The van der Waals surface area contributed by atoms with Gasteiger partial charge in [0.15, 0.2) is 0 Å². The van der Waals surface area contributed by atoms with E-state index in [9.17, 15) is 0 Å². The molecule has 0 aromatic heterocycles. The Hall–Kier alpha value is -1.30. The van der Waals surface area contributed by atoms with Crippen LogP contribution in [0.25, 0.3) is 0 Å². The van der Waals surface area contributed by atoms with Crippen molar-refractivity contribution in [1.82, 2.24) is 9.80 Å². The largest absolute Gasteiger partial charge is 0.494 e. The molecule has 1 aromatic rings. The van der Waals surface area contributed by atoms with Crippen LogP contribution in [0, 0.1) is 0 Å². The number of anilines is 1. The minimum atomic E-state index is 0.240. The SMILES string of the molecule is CCOc1ccc(N)cc1CN1CCN(CCO)CC1. The molecular formula is C15H25N3O2. The summed E-state index contributed by atoms with van der Waals surface area (Å²) in [7, 11) is 0. The average Bonchev–Trinajstić information content (AvgIpc) is 2.44. The van der Waals surface area contributed by atoms with Crippen LogP contribution in [0.1, 0.15) is 12.5 Å². The van der Waals surface area contributed by atoms with E-state index in [1.807, 2.05) is 25.1 Å². The van der Waals surface area contributed by atoms with Crippen LogP contribution < -0.4 is 10.5 Å². The zero-order chi connectivity index (χ0) is 14.4. The van der Waals surface area contributed by atoms with Gasteiger partial charge >= 0.3 is 0 Å². The monoisotopic (exact) mass is 279 g/mol. The first-order valence-electron chi connectivity index (χ1n) is 7.29. The van der Waals surface area contributed by atoms with Crippen molar-refractivity contribution in [2.45, 2.75) is 13.5 Å². The third kappa shape index (κ3) is 4.10. The van der Waals surface area contributed by atoms with Crippen molar-refractivity contribution in [3.63, 3.8) is 0 Å². The Morgan fingerprint density at radius 2 is 1.90 bits per heavy atom. The molecule has 1 aromatic carbocycles. The lowest BCUT2D eigenvalue weighted by atomic mass is 10.1. The molecule has 2 rings (SSSR count). The second-order valence-corrected chi connectivity index (χ2v) is 5.14. The van der Waals surface area contributed by atoms with E-state index in [2.05, 4.69) is 9.80 Å². The molecule has 0 spiro atoms. The number of nitrogens with zero attached hydrogens (tertiary/aromatic N) is 2. The van der Waals surface area contributed by atoms with E-state index in [0.29, 0.717) is 6.61 Å². The Morgan fingerprint density at radius 1 is 1.20 bits per heavy atom. The van der Waals surface area contributed by atoms with Crippen LogP contribution in [0.3, 0.4) is 0 Å². The van der Waals surface area contributed by atoms with Crippen molar-refractivity contribution in [2.24, 2.45) is 0 Å². The molecule has 5 nitrogen and oxygen atoms in total. The zero-order valence-corrected chi connectivity index (χ0v) is 12.2. The molecule has 112 valence electrons. The first-order chi connectivity index (χ1) is 9.72. The highest BCUT2D eigenvalue weighted by molar-refractivity contribution is 5.47. The van der Waals surface area contributed by atoms with E-state index >= 15 is 0 Å². The van der Waals surface area contributed by atoms with Gasteiger partial charge in [-0.3, -0.25) is 9.80 Å². The minimum Gasteiger partial charge on any atom is -0.494 e. The molecule has 0 amide bonds. The Labute approximate surface area is 120 Å². The molecule has 0 saturated carbocycles. The average molecular weight is 279 g/mol. The molecule has 1 aliphatic rings. The molecule has 0 atom stereocenters. The Balaban J connectivity index is 1.95. The van der Waals surface area contributed by atoms with Crippen LogP contribution >= 0.6 is 0 Å².